The maximum Gasteiger partial charge on any atom is 0.407 e. The molecule has 1 fully saturated rings. The number of anilines is 1. The van der Waals surface area contributed by atoms with Gasteiger partial charge in [0, 0.05) is 45.6 Å². The smallest absolute Gasteiger partial charge is 0.407 e. The quantitative estimate of drug-likeness (QED) is 0.0450. The fraction of sp³-hybridized carbons (Fsp3) is 0.333. The summed E-state index contributed by atoms with van der Waals surface area (Å²) in [5.74, 6) is -0.802. The number of carbonyl (C=O) groups excluding carboxylic acids is 4. The second kappa shape index (κ2) is 18.7. The third-order valence-corrected chi connectivity index (χ3v) is 11.3. The van der Waals surface area contributed by atoms with Gasteiger partial charge in [0.1, 0.15) is 24.4 Å². The summed E-state index contributed by atoms with van der Waals surface area (Å²) in [4.78, 5) is 70.6. The Balaban J connectivity index is 1.26. The van der Waals surface area contributed by atoms with Crippen LogP contribution in [-0.2, 0) is 34.4 Å². The van der Waals surface area contributed by atoms with Crippen molar-refractivity contribution in [2.24, 2.45) is 5.16 Å². The molecule has 2 unspecified atom stereocenters. The highest BCUT2D eigenvalue weighted by Crippen LogP contribution is 2.45. The van der Waals surface area contributed by atoms with E-state index in [1.807, 2.05) is 93.6 Å². The summed E-state index contributed by atoms with van der Waals surface area (Å²) < 4.78 is 15.7. The number of hydrogen-bond acceptors (Lipinski definition) is 15. The van der Waals surface area contributed by atoms with E-state index in [9.17, 15) is 19.2 Å². The van der Waals surface area contributed by atoms with E-state index in [1.165, 1.54) is 23.8 Å². The average Bonchev–Trinajstić information content (AvgIpc) is 3.63. The molecule has 57 heavy (non-hydrogen) atoms. The molecule has 2 aliphatic heterocycles. The molecule has 298 valence electrons. The normalized spacial score (nSPS) is 16.8. The molecule has 6 rings (SSSR count). The number of esters is 1. The number of pyridine rings is 1. The van der Waals surface area contributed by atoms with Crippen LogP contribution in [0.3, 0.4) is 0 Å². The van der Waals surface area contributed by atoms with Crippen molar-refractivity contribution in [1.82, 2.24) is 29.9 Å². The number of nitrogens with one attached hydrogen (secondary N) is 2. The van der Waals surface area contributed by atoms with Gasteiger partial charge < -0.3 is 30.7 Å². The molecule has 0 bridgehead atoms. The maximum absolute atomic E-state index is 14.6. The van der Waals surface area contributed by atoms with Gasteiger partial charge in [-0.2, -0.15) is 21.1 Å². The lowest BCUT2D eigenvalue weighted by Gasteiger charge is -2.50. The summed E-state index contributed by atoms with van der Waals surface area (Å²) in [7, 11) is 1.27. The Bertz CT molecular complexity index is 2100. The minimum absolute atomic E-state index is 0.0374. The van der Waals surface area contributed by atoms with Crippen molar-refractivity contribution >= 4 is 69.8 Å². The second-order valence-electron chi connectivity index (χ2n) is 13.8. The topological polar surface area (TPSA) is 200 Å². The van der Waals surface area contributed by atoms with E-state index in [1.54, 1.807) is 18.0 Å². The van der Waals surface area contributed by atoms with Gasteiger partial charge in [0.15, 0.2) is 11.2 Å². The number of fused-ring (bicyclic) bond motifs is 1. The first-order valence-corrected chi connectivity index (χ1v) is 20.7. The number of amides is 3. The van der Waals surface area contributed by atoms with Crippen LogP contribution < -0.4 is 16.4 Å². The zero-order valence-electron chi connectivity index (χ0n) is 31.7. The zero-order valence-corrected chi connectivity index (χ0v) is 34.1. The third-order valence-electron chi connectivity index (χ3n) is 8.59. The summed E-state index contributed by atoms with van der Waals surface area (Å²) >= 11 is 3.83. The maximum atomic E-state index is 14.6. The van der Waals surface area contributed by atoms with Crippen LogP contribution in [0.5, 0.6) is 0 Å². The molecular formula is C39H42N8O7S3. The van der Waals surface area contributed by atoms with E-state index in [-0.39, 0.29) is 22.4 Å². The number of nitrogen functional groups attached to an aromatic ring is 1. The summed E-state index contributed by atoms with van der Waals surface area (Å²) in [6.45, 7) is 5.83. The molecule has 4 heterocycles. The summed E-state index contributed by atoms with van der Waals surface area (Å²) in [6, 6.07) is 21.0. The number of hydrogen-bond donors (Lipinski definition) is 3. The van der Waals surface area contributed by atoms with Gasteiger partial charge in [-0.1, -0.05) is 77.6 Å². The minimum Gasteiger partial charge on any atom is -0.448 e. The Morgan fingerprint density at radius 3 is 2.39 bits per heavy atom. The number of oxime groups is 1. The molecule has 4 N–H and O–H groups in total. The first-order chi connectivity index (χ1) is 27.4. The highest BCUT2D eigenvalue weighted by Gasteiger charge is 2.54. The highest BCUT2D eigenvalue weighted by molar-refractivity contribution is 8.03. The number of thioether (sulfide) groups is 2. The molecule has 3 amide bonds. The Kier molecular flexibility index (Phi) is 13.5. The lowest BCUT2D eigenvalue weighted by atomic mass is 9.86. The summed E-state index contributed by atoms with van der Waals surface area (Å²) in [5.41, 5.74) is 7.30. The van der Waals surface area contributed by atoms with Crippen LogP contribution in [0, 0.1) is 0 Å². The van der Waals surface area contributed by atoms with Crippen LogP contribution in [0.25, 0.3) is 0 Å². The van der Waals surface area contributed by atoms with Gasteiger partial charge in [0.05, 0.1) is 11.7 Å². The lowest BCUT2D eigenvalue weighted by molar-refractivity contribution is -0.158. The van der Waals surface area contributed by atoms with E-state index in [2.05, 4.69) is 30.1 Å². The average molecular weight is 831 g/mol. The van der Waals surface area contributed by atoms with Crippen LogP contribution in [-0.4, -0.2) is 85.9 Å². The number of β-lactam (4-membered cyclic amide) rings is 1. The number of nitrogens with two attached hydrogens (primary N) is 1. The minimum atomic E-state index is -0.969. The molecule has 15 nitrogen and oxygen atoms in total. The van der Waals surface area contributed by atoms with Crippen molar-refractivity contribution in [1.29, 1.82) is 0 Å². The standard InChI is InChI=1S/C39H42N8O7S3/c1-39(2,3)54-38(51)42-20-21-55-22-25-27(16-11-19-41-25)56-28-18-17-26-29(43-34(48)30(45-52-4)33-44-37(40)57-46-33)35(49)47(26)31(28)36(50)53-32(23-12-7-5-8-13-23)24-14-9-6-10-15-24/h5-16,19,26,29,32H,17-18,20-22H2,1-4H3,(H,42,51)(H,43,48)(H2,40,44,46)/b45-30-. The third kappa shape index (κ3) is 10.3. The van der Waals surface area contributed by atoms with E-state index in [0.717, 1.165) is 33.2 Å². The molecule has 0 saturated carbocycles. The summed E-state index contributed by atoms with van der Waals surface area (Å²) in [6.07, 6.45) is 1.30. The van der Waals surface area contributed by atoms with Gasteiger partial charge in [-0.05, 0) is 56.9 Å². The van der Waals surface area contributed by atoms with Crippen molar-refractivity contribution < 1.29 is 33.5 Å². The predicted molar refractivity (Wildman–Crippen MR) is 218 cm³/mol. The van der Waals surface area contributed by atoms with Gasteiger partial charge in [0.2, 0.25) is 11.5 Å². The Labute approximate surface area is 342 Å². The molecule has 4 aromatic rings. The van der Waals surface area contributed by atoms with Crippen LogP contribution in [0.15, 0.2) is 99.6 Å². The van der Waals surface area contributed by atoms with E-state index in [0.29, 0.717) is 35.8 Å². The number of allylic oxidation sites excluding steroid dienone is 1. The van der Waals surface area contributed by atoms with Crippen molar-refractivity contribution in [2.45, 2.75) is 68.0 Å². The summed E-state index contributed by atoms with van der Waals surface area (Å²) in [5, 5.41) is 9.44. The molecular weight excluding hydrogens is 789 g/mol. The molecule has 2 aromatic heterocycles. The van der Waals surface area contributed by atoms with Crippen molar-refractivity contribution in [3.63, 3.8) is 0 Å². The zero-order chi connectivity index (χ0) is 40.5. The van der Waals surface area contributed by atoms with Crippen molar-refractivity contribution in [3.05, 3.63) is 112 Å². The number of ether oxygens (including phenoxy) is 2. The van der Waals surface area contributed by atoms with Crippen molar-refractivity contribution in [2.75, 3.05) is 25.1 Å². The molecule has 2 aromatic carbocycles. The van der Waals surface area contributed by atoms with Gasteiger partial charge >= 0.3 is 12.1 Å². The molecule has 1 saturated heterocycles. The van der Waals surface area contributed by atoms with Gasteiger partial charge in [-0.25, -0.2) is 9.59 Å². The van der Waals surface area contributed by atoms with Crippen LogP contribution >= 0.6 is 35.1 Å². The fourth-order valence-electron chi connectivity index (χ4n) is 6.15. The Morgan fingerprint density at radius 2 is 1.75 bits per heavy atom. The van der Waals surface area contributed by atoms with Crippen molar-refractivity contribution in [3.8, 4) is 0 Å². The van der Waals surface area contributed by atoms with E-state index in [4.69, 9.17) is 20.0 Å². The lowest BCUT2D eigenvalue weighted by Crippen LogP contribution is -2.72. The second-order valence-corrected chi connectivity index (χ2v) is 16.8. The Hall–Kier alpha value is -5.46. The largest absolute Gasteiger partial charge is 0.448 e. The van der Waals surface area contributed by atoms with Gasteiger partial charge in [0.25, 0.3) is 11.8 Å². The highest BCUT2D eigenvalue weighted by atomic mass is 32.2. The number of alkyl carbamates (subject to hydrolysis) is 1. The van der Waals surface area contributed by atoms with E-state index >= 15 is 0 Å². The number of rotatable bonds is 15. The predicted octanol–water partition coefficient (Wildman–Crippen LogP) is 5.45. The molecule has 2 aliphatic rings. The van der Waals surface area contributed by atoms with E-state index < -0.39 is 47.7 Å². The van der Waals surface area contributed by atoms with Crippen LogP contribution in [0.4, 0.5) is 9.93 Å². The number of carbonyl (C=O) groups is 4. The van der Waals surface area contributed by atoms with Crippen LogP contribution in [0.1, 0.15) is 62.4 Å². The molecule has 0 aliphatic carbocycles. The SMILES string of the molecule is CO/N=C(\C(=O)NC1C(=O)N2C(C(=O)OC(c3ccccc3)c3ccccc3)=C(Sc3cccnc3CSCCNC(=O)OC(C)(C)C)CCC12)c1nsc(N)n1. The van der Waals surface area contributed by atoms with Crippen LogP contribution in [0.2, 0.25) is 0 Å². The monoisotopic (exact) mass is 830 g/mol. The first-order valence-electron chi connectivity index (χ1n) is 18.0. The number of aromatic nitrogens is 3. The number of benzene rings is 2. The van der Waals surface area contributed by atoms with Gasteiger partial charge in [-0.3, -0.25) is 19.5 Å². The number of nitrogens with zero attached hydrogens (tertiary/aromatic N) is 5. The fourth-order valence-corrected chi connectivity index (χ4v) is 8.64. The molecule has 18 heteroatoms. The molecule has 0 spiro atoms. The molecule has 2 atom stereocenters. The van der Waals surface area contributed by atoms with Gasteiger partial charge in [-0.15, -0.1) is 0 Å². The Morgan fingerprint density at radius 1 is 1.05 bits per heavy atom. The first kappa shape index (κ1) is 41.2. The molecule has 0 radical (unpaired) electrons.